The second-order valence-corrected chi connectivity index (χ2v) is 9.82. The SMILES string of the molecule is CN1CCN(Cc2ccc(NC(=O)Nc3ccc4oc(-c5cnn6ccccc56)nc4c3)cc2C(F)(F)F)CC1. The van der Waals surface area contributed by atoms with E-state index in [4.69, 9.17) is 4.42 Å². The Kier molecular flexibility index (Phi) is 6.64. The van der Waals surface area contributed by atoms with E-state index in [1.807, 2.05) is 36.3 Å². The van der Waals surface area contributed by atoms with Crippen LogP contribution in [0.3, 0.4) is 0 Å². The quantitative estimate of drug-likeness (QED) is 0.299. The minimum absolute atomic E-state index is 0.0461. The van der Waals surface area contributed by atoms with Crippen molar-refractivity contribution in [2.75, 3.05) is 43.9 Å². The fraction of sp³-hybridized carbons (Fsp3) is 0.250. The number of carbonyl (C=O) groups excluding carboxylic acids is 1. The van der Waals surface area contributed by atoms with Crippen molar-refractivity contribution in [2.24, 2.45) is 0 Å². The zero-order chi connectivity index (χ0) is 27.9. The van der Waals surface area contributed by atoms with Gasteiger partial charge >= 0.3 is 12.2 Å². The molecule has 9 nitrogen and oxygen atoms in total. The van der Waals surface area contributed by atoms with Gasteiger partial charge in [-0.15, -0.1) is 0 Å². The summed E-state index contributed by atoms with van der Waals surface area (Å²) in [6.07, 6.45) is -1.06. The molecule has 4 heterocycles. The maximum atomic E-state index is 13.9. The fourth-order valence-corrected chi connectivity index (χ4v) is 4.82. The number of alkyl halides is 3. The standard InChI is InChI=1S/C28H26F3N7O2/c1-36-10-12-37(13-11-36)17-18-5-6-19(14-22(18)28(29,30)31)33-27(39)34-20-7-8-25-23(15-20)35-26(40-25)21-16-32-38-9-3-2-4-24(21)38/h2-9,14-16H,10-13,17H2,1H3,(H2,33,34,39). The maximum absolute atomic E-state index is 13.9. The van der Waals surface area contributed by atoms with Crippen LogP contribution in [0.1, 0.15) is 11.1 Å². The van der Waals surface area contributed by atoms with Crippen LogP contribution in [0.4, 0.5) is 29.3 Å². The average molecular weight is 550 g/mol. The molecule has 0 bridgehead atoms. The Bertz CT molecular complexity index is 1690. The van der Waals surface area contributed by atoms with Crippen LogP contribution in [-0.2, 0) is 12.7 Å². The lowest BCUT2D eigenvalue weighted by Crippen LogP contribution is -2.44. The molecular weight excluding hydrogens is 523 g/mol. The van der Waals surface area contributed by atoms with Crippen molar-refractivity contribution in [1.82, 2.24) is 24.4 Å². The van der Waals surface area contributed by atoms with E-state index in [1.54, 1.807) is 28.9 Å². The number of nitrogens with zero attached hydrogens (tertiary/aromatic N) is 5. The summed E-state index contributed by atoms with van der Waals surface area (Å²) in [5.74, 6) is 0.383. The van der Waals surface area contributed by atoms with E-state index in [-0.39, 0.29) is 17.8 Å². The minimum atomic E-state index is -4.55. The van der Waals surface area contributed by atoms with Gasteiger partial charge in [-0.05, 0) is 55.1 Å². The molecule has 206 valence electrons. The molecule has 1 aliphatic heterocycles. The van der Waals surface area contributed by atoms with Gasteiger partial charge in [0.1, 0.15) is 5.52 Å². The predicted molar refractivity (Wildman–Crippen MR) is 145 cm³/mol. The van der Waals surface area contributed by atoms with E-state index in [2.05, 4.69) is 25.6 Å². The van der Waals surface area contributed by atoms with Gasteiger partial charge in [0.25, 0.3) is 0 Å². The second kappa shape index (κ2) is 10.3. The number of rotatable bonds is 5. The van der Waals surface area contributed by atoms with Gasteiger partial charge in [-0.25, -0.2) is 14.3 Å². The Balaban J connectivity index is 1.16. The molecule has 0 atom stereocenters. The molecule has 12 heteroatoms. The number of amides is 2. The zero-order valence-corrected chi connectivity index (χ0v) is 21.6. The molecule has 0 spiro atoms. The molecular formula is C28H26F3N7O2. The summed E-state index contributed by atoms with van der Waals surface area (Å²) in [5, 5.41) is 9.46. The highest BCUT2D eigenvalue weighted by Gasteiger charge is 2.34. The first-order valence-corrected chi connectivity index (χ1v) is 12.8. The summed E-state index contributed by atoms with van der Waals surface area (Å²) in [7, 11) is 1.99. The van der Waals surface area contributed by atoms with Crippen LogP contribution in [0.25, 0.3) is 28.1 Å². The number of oxazole rings is 1. The van der Waals surface area contributed by atoms with Crippen molar-refractivity contribution >= 4 is 34.0 Å². The van der Waals surface area contributed by atoms with Crippen LogP contribution in [0.2, 0.25) is 0 Å². The number of halogens is 3. The molecule has 0 saturated carbocycles. The number of pyridine rings is 1. The molecule has 0 radical (unpaired) electrons. The number of likely N-dealkylation sites (N-methyl/N-ethyl adjacent to an activating group) is 1. The third-order valence-electron chi connectivity index (χ3n) is 6.97. The Morgan fingerprint density at radius 3 is 2.52 bits per heavy atom. The maximum Gasteiger partial charge on any atom is 0.416 e. The van der Waals surface area contributed by atoms with E-state index in [1.165, 1.54) is 12.1 Å². The molecule has 3 aromatic heterocycles. The minimum Gasteiger partial charge on any atom is -0.436 e. The summed E-state index contributed by atoms with van der Waals surface area (Å²) < 4.78 is 49.3. The summed E-state index contributed by atoms with van der Waals surface area (Å²) in [6.45, 7) is 3.22. The van der Waals surface area contributed by atoms with Crippen molar-refractivity contribution in [3.05, 3.63) is 78.1 Å². The van der Waals surface area contributed by atoms with Gasteiger partial charge in [-0.2, -0.15) is 18.3 Å². The molecule has 2 N–H and O–H groups in total. The topological polar surface area (TPSA) is 90.9 Å². The highest BCUT2D eigenvalue weighted by molar-refractivity contribution is 6.00. The molecule has 6 rings (SSSR count). The molecule has 5 aromatic rings. The highest BCUT2D eigenvalue weighted by Crippen LogP contribution is 2.35. The Hall–Kier alpha value is -4.42. The van der Waals surface area contributed by atoms with Crippen LogP contribution in [0.15, 0.2) is 71.4 Å². The zero-order valence-electron chi connectivity index (χ0n) is 21.6. The average Bonchev–Trinajstić information content (AvgIpc) is 3.54. The van der Waals surface area contributed by atoms with E-state index in [0.717, 1.165) is 30.2 Å². The summed E-state index contributed by atoms with van der Waals surface area (Å²) >= 11 is 0. The van der Waals surface area contributed by atoms with E-state index < -0.39 is 17.8 Å². The van der Waals surface area contributed by atoms with Crippen molar-refractivity contribution in [3.63, 3.8) is 0 Å². The van der Waals surface area contributed by atoms with Gasteiger partial charge in [0.15, 0.2) is 5.58 Å². The van der Waals surface area contributed by atoms with Gasteiger partial charge < -0.3 is 20.0 Å². The molecule has 40 heavy (non-hydrogen) atoms. The van der Waals surface area contributed by atoms with Crippen molar-refractivity contribution < 1.29 is 22.4 Å². The number of aromatic nitrogens is 3. The third-order valence-corrected chi connectivity index (χ3v) is 6.97. The van der Waals surface area contributed by atoms with Gasteiger partial charge in [-0.1, -0.05) is 12.1 Å². The van der Waals surface area contributed by atoms with Crippen molar-refractivity contribution in [1.29, 1.82) is 0 Å². The highest BCUT2D eigenvalue weighted by atomic mass is 19.4. The smallest absolute Gasteiger partial charge is 0.416 e. The van der Waals surface area contributed by atoms with Gasteiger partial charge in [0.2, 0.25) is 5.89 Å². The predicted octanol–water partition coefficient (Wildman–Crippen LogP) is 5.55. The number of piperazine rings is 1. The number of carbonyl (C=O) groups is 1. The number of hydrogen-bond acceptors (Lipinski definition) is 6. The first-order chi connectivity index (χ1) is 19.2. The third kappa shape index (κ3) is 5.36. The molecule has 0 unspecified atom stereocenters. The number of fused-ring (bicyclic) bond motifs is 2. The van der Waals surface area contributed by atoms with Crippen LogP contribution in [0.5, 0.6) is 0 Å². The van der Waals surface area contributed by atoms with Crippen LogP contribution in [-0.4, -0.2) is 63.7 Å². The number of hydrogen-bond donors (Lipinski definition) is 2. The molecule has 0 aliphatic carbocycles. The van der Waals surface area contributed by atoms with Gasteiger partial charge in [0, 0.05) is 50.3 Å². The number of anilines is 2. The normalized spacial score (nSPS) is 15.1. The molecule has 1 aliphatic rings. The number of urea groups is 1. The van der Waals surface area contributed by atoms with Crippen LogP contribution < -0.4 is 10.6 Å². The van der Waals surface area contributed by atoms with E-state index in [9.17, 15) is 18.0 Å². The van der Waals surface area contributed by atoms with E-state index in [0.29, 0.717) is 35.8 Å². The molecule has 2 amide bonds. The lowest BCUT2D eigenvalue weighted by atomic mass is 10.0. The Labute approximate surface area is 227 Å². The van der Waals surface area contributed by atoms with Gasteiger partial charge in [0.05, 0.1) is 22.8 Å². The Morgan fingerprint density at radius 1 is 1.00 bits per heavy atom. The number of benzene rings is 2. The summed E-state index contributed by atoms with van der Waals surface area (Å²) in [6, 6.07) is 13.8. The fourth-order valence-electron chi connectivity index (χ4n) is 4.82. The lowest BCUT2D eigenvalue weighted by molar-refractivity contribution is -0.138. The van der Waals surface area contributed by atoms with Gasteiger partial charge in [-0.3, -0.25) is 4.90 Å². The van der Waals surface area contributed by atoms with Crippen molar-refractivity contribution in [2.45, 2.75) is 12.7 Å². The first-order valence-electron chi connectivity index (χ1n) is 12.8. The molecule has 1 saturated heterocycles. The molecule has 2 aromatic carbocycles. The monoisotopic (exact) mass is 549 g/mol. The largest absolute Gasteiger partial charge is 0.436 e. The summed E-state index contributed by atoms with van der Waals surface area (Å²) in [4.78, 5) is 21.4. The molecule has 1 fully saturated rings. The van der Waals surface area contributed by atoms with Crippen LogP contribution in [0, 0.1) is 0 Å². The summed E-state index contributed by atoms with van der Waals surface area (Å²) in [5.41, 5.74) is 2.46. The van der Waals surface area contributed by atoms with Crippen molar-refractivity contribution in [3.8, 4) is 11.5 Å². The lowest BCUT2D eigenvalue weighted by Gasteiger charge is -2.33. The Morgan fingerprint density at radius 2 is 1.75 bits per heavy atom. The van der Waals surface area contributed by atoms with E-state index >= 15 is 0 Å². The second-order valence-electron chi connectivity index (χ2n) is 9.82. The number of nitrogens with one attached hydrogen (secondary N) is 2. The first kappa shape index (κ1) is 25.8. The van der Waals surface area contributed by atoms with Crippen LogP contribution >= 0.6 is 0 Å².